The van der Waals surface area contributed by atoms with E-state index in [0.29, 0.717) is 11.8 Å². The van der Waals surface area contributed by atoms with Crippen LogP contribution in [0.5, 0.6) is 0 Å². The molecule has 0 saturated heterocycles. The lowest BCUT2D eigenvalue weighted by Crippen LogP contribution is -2.40. The molecule has 1 aromatic heterocycles. The van der Waals surface area contributed by atoms with Gasteiger partial charge >= 0.3 is 0 Å². The van der Waals surface area contributed by atoms with Gasteiger partial charge in [-0.25, -0.2) is 0 Å². The first kappa shape index (κ1) is 12.6. The van der Waals surface area contributed by atoms with Crippen molar-refractivity contribution in [2.75, 3.05) is 0 Å². The molecule has 1 aliphatic carbocycles. The lowest BCUT2D eigenvalue weighted by Gasteiger charge is -2.39. The van der Waals surface area contributed by atoms with Crippen LogP contribution < -0.4 is 0 Å². The molecule has 1 saturated carbocycles. The average molecular weight is 236 g/mol. The molecule has 3 heteroatoms. The summed E-state index contributed by atoms with van der Waals surface area (Å²) in [6.07, 6.45) is 3.81. The molecule has 1 aromatic rings. The molecule has 2 atom stereocenters. The van der Waals surface area contributed by atoms with Gasteiger partial charge in [-0.05, 0) is 44.1 Å². The fraction of sp³-hybridized carbons (Fsp3) is 0.786. The van der Waals surface area contributed by atoms with Crippen molar-refractivity contribution in [2.24, 2.45) is 18.9 Å². The van der Waals surface area contributed by atoms with Crippen molar-refractivity contribution in [3.05, 3.63) is 17.5 Å². The quantitative estimate of drug-likeness (QED) is 0.856. The van der Waals surface area contributed by atoms with Crippen LogP contribution in [0, 0.1) is 18.8 Å². The molecule has 0 aliphatic heterocycles. The summed E-state index contributed by atoms with van der Waals surface area (Å²) in [6, 6.07) is 2.09. The third-order valence-corrected chi connectivity index (χ3v) is 3.87. The summed E-state index contributed by atoms with van der Waals surface area (Å²) < 4.78 is 1.90. The Morgan fingerprint density at radius 3 is 2.47 bits per heavy atom. The van der Waals surface area contributed by atoms with Crippen LogP contribution in [0.15, 0.2) is 6.07 Å². The van der Waals surface area contributed by atoms with Crippen LogP contribution in [-0.4, -0.2) is 20.5 Å². The van der Waals surface area contributed by atoms with Crippen LogP contribution in [0.4, 0.5) is 0 Å². The van der Waals surface area contributed by atoms with E-state index in [2.05, 4.69) is 25.0 Å². The first-order valence-electron chi connectivity index (χ1n) is 6.60. The maximum Gasteiger partial charge on any atom is 0.0708 e. The van der Waals surface area contributed by atoms with Crippen LogP contribution in [0.25, 0.3) is 0 Å². The fourth-order valence-electron chi connectivity index (χ4n) is 3.55. The third kappa shape index (κ3) is 2.89. The predicted molar refractivity (Wildman–Crippen MR) is 68.8 cm³/mol. The first-order chi connectivity index (χ1) is 7.88. The standard InChI is InChI=1S/C14H24N2O/c1-10-5-11(2)8-14(17,7-10)9-13-6-12(3)15-16(13)4/h6,10-11,17H,5,7-9H2,1-4H3. The van der Waals surface area contributed by atoms with Crippen LogP contribution in [0.1, 0.15) is 44.5 Å². The van der Waals surface area contributed by atoms with Gasteiger partial charge in [-0.3, -0.25) is 4.68 Å². The number of aliphatic hydroxyl groups is 1. The first-order valence-corrected chi connectivity index (χ1v) is 6.60. The average Bonchev–Trinajstić information content (AvgIpc) is 2.41. The van der Waals surface area contributed by atoms with E-state index in [1.54, 1.807) is 0 Å². The molecule has 1 heterocycles. The molecule has 17 heavy (non-hydrogen) atoms. The number of hydrogen-bond donors (Lipinski definition) is 1. The maximum absolute atomic E-state index is 10.8. The van der Waals surface area contributed by atoms with Gasteiger partial charge in [0, 0.05) is 19.2 Å². The molecular formula is C14H24N2O. The van der Waals surface area contributed by atoms with Crippen LogP contribution in [0.3, 0.4) is 0 Å². The second-order valence-corrected chi connectivity index (χ2v) is 6.16. The number of rotatable bonds is 2. The molecular weight excluding hydrogens is 212 g/mol. The van der Waals surface area contributed by atoms with E-state index < -0.39 is 5.60 Å². The topological polar surface area (TPSA) is 38.0 Å². The molecule has 3 nitrogen and oxygen atoms in total. The van der Waals surface area contributed by atoms with Crippen LogP contribution in [0.2, 0.25) is 0 Å². The van der Waals surface area contributed by atoms with Crippen LogP contribution in [-0.2, 0) is 13.5 Å². The van der Waals surface area contributed by atoms with Gasteiger partial charge in [-0.2, -0.15) is 5.10 Å². The monoisotopic (exact) mass is 236 g/mol. The van der Waals surface area contributed by atoms with Crippen LogP contribution >= 0.6 is 0 Å². The normalized spacial score (nSPS) is 33.9. The Bertz CT molecular complexity index is 387. The summed E-state index contributed by atoms with van der Waals surface area (Å²) in [6.45, 7) is 6.49. The summed E-state index contributed by atoms with van der Waals surface area (Å²) in [5.74, 6) is 1.25. The Kier molecular flexibility index (Phi) is 3.30. The molecule has 1 fully saturated rings. The Balaban J connectivity index is 2.13. The molecule has 0 bridgehead atoms. The molecule has 1 N–H and O–H groups in total. The van der Waals surface area contributed by atoms with Gasteiger partial charge in [0.05, 0.1) is 11.3 Å². The second kappa shape index (κ2) is 4.45. The van der Waals surface area contributed by atoms with E-state index in [9.17, 15) is 5.11 Å². The Hall–Kier alpha value is -0.830. The van der Waals surface area contributed by atoms with Gasteiger partial charge in [-0.15, -0.1) is 0 Å². The smallest absolute Gasteiger partial charge is 0.0708 e. The summed E-state index contributed by atoms with van der Waals surface area (Å²) in [7, 11) is 1.96. The zero-order valence-electron chi connectivity index (χ0n) is 11.4. The summed E-state index contributed by atoms with van der Waals surface area (Å²) >= 11 is 0. The molecule has 0 amide bonds. The predicted octanol–water partition coefficient (Wildman–Crippen LogP) is 2.46. The molecule has 0 spiro atoms. The molecule has 0 radical (unpaired) electrons. The Labute approximate surface area is 104 Å². The van der Waals surface area contributed by atoms with Crippen molar-refractivity contribution < 1.29 is 5.11 Å². The molecule has 2 unspecified atom stereocenters. The third-order valence-electron chi connectivity index (χ3n) is 3.87. The highest BCUT2D eigenvalue weighted by Crippen LogP contribution is 2.37. The van der Waals surface area contributed by atoms with Crippen molar-refractivity contribution in [1.82, 2.24) is 9.78 Å². The SMILES string of the molecule is Cc1cc(CC2(O)CC(C)CC(C)C2)n(C)n1. The maximum atomic E-state index is 10.8. The Morgan fingerprint density at radius 1 is 1.41 bits per heavy atom. The molecule has 2 rings (SSSR count). The number of aromatic nitrogens is 2. The lowest BCUT2D eigenvalue weighted by molar-refractivity contribution is -0.0317. The second-order valence-electron chi connectivity index (χ2n) is 6.16. The number of aryl methyl sites for hydroxylation is 2. The highest BCUT2D eigenvalue weighted by Gasteiger charge is 2.36. The summed E-state index contributed by atoms with van der Waals surface area (Å²) in [5, 5.41) is 15.1. The molecule has 1 aliphatic rings. The minimum absolute atomic E-state index is 0.530. The van der Waals surface area contributed by atoms with Crippen molar-refractivity contribution in [2.45, 2.75) is 52.1 Å². The van der Waals surface area contributed by atoms with Crippen molar-refractivity contribution in [1.29, 1.82) is 0 Å². The molecule has 96 valence electrons. The lowest BCUT2D eigenvalue weighted by atomic mass is 9.72. The number of hydrogen-bond acceptors (Lipinski definition) is 2. The summed E-state index contributed by atoms with van der Waals surface area (Å²) in [5.41, 5.74) is 1.64. The zero-order chi connectivity index (χ0) is 12.6. The van der Waals surface area contributed by atoms with Gasteiger partial charge in [-0.1, -0.05) is 13.8 Å². The van der Waals surface area contributed by atoms with E-state index in [1.807, 2.05) is 18.7 Å². The highest BCUT2D eigenvalue weighted by molar-refractivity contribution is 5.12. The van der Waals surface area contributed by atoms with Crippen molar-refractivity contribution in [3.63, 3.8) is 0 Å². The highest BCUT2D eigenvalue weighted by atomic mass is 16.3. The van der Waals surface area contributed by atoms with E-state index in [1.165, 1.54) is 6.42 Å². The van der Waals surface area contributed by atoms with Crippen molar-refractivity contribution >= 4 is 0 Å². The van der Waals surface area contributed by atoms with E-state index in [-0.39, 0.29) is 0 Å². The Morgan fingerprint density at radius 2 is 2.00 bits per heavy atom. The van der Waals surface area contributed by atoms with Crippen molar-refractivity contribution in [3.8, 4) is 0 Å². The van der Waals surface area contributed by atoms with Gasteiger partial charge in [0.2, 0.25) is 0 Å². The minimum Gasteiger partial charge on any atom is -0.389 e. The van der Waals surface area contributed by atoms with Gasteiger partial charge in [0.15, 0.2) is 0 Å². The van der Waals surface area contributed by atoms with Gasteiger partial charge in [0.25, 0.3) is 0 Å². The van der Waals surface area contributed by atoms with Gasteiger partial charge in [0.1, 0.15) is 0 Å². The summed E-state index contributed by atoms with van der Waals surface area (Å²) in [4.78, 5) is 0. The zero-order valence-corrected chi connectivity index (χ0v) is 11.4. The number of nitrogens with zero attached hydrogens (tertiary/aromatic N) is 2. The molecule has 0 aromatic carbocycles. The van der Waals surface area contributed by atoms with E-state index in [4.69, 9.17) is 0 Å². The largest absolute Gasteiger partial charge is 0.389 e. The fourth-order valence-corrected chi connectivity index (χ4v) is 3.55. The van der Waals surface area contributed by atoms with Gasteiger partial charge < -0.3 is 5.11 Å². The van der Waals surface area contributed by atoms with E-state index in [0.717, 1.165) is 30.7 Å². The van der Waals surface area contributed by atoms with E-state index >= 15 is 0 Å². The minimum atomic E-state index is -0.530.